The minimum atomic E-state index is -1.03. The van der Waals surface area contributed by atoms with E-state index in [9.17, 15) is 14.3 Å². The number of aliphatic hydroxyl groups excluding tert-OH is 1. The molecule has 0 saturated heterocycles. The normalized spacial score (nSPS) is 12.5. The summed E-state index contributed by atoms with van der Waals surface area (Å²) in [7, 11) is 0. The number of aryl methyl sites for hydroxylation is 1. The number of carbonyl (C=O) groups excluding carboxylic acids is 1. The third-order valence-electron chi connectivity index (χ3n) is 1.90. The molecule has 1 N–H and O–H groups in total. The number of hydrogen-bond acceptors (Lipinski definition) is 2. The van der Waals surface area contributed by atoms with E-state index >= 15 is 0 Å². The minimum Gasteiger partial charge on any atom is -0.388 e. The Hall–Kier alpha value is -1.22. The first-order chi connectivity index (χ1) is 6.16. The van der Waals surface area contributed by atoms with Crippen LogP contribution in [-0.4, -0.2) is 11.4 Å². The van der Waals surface area contributed by atoms with Gasteiger partial charge in [0.2, 0.25) is 0 Å². The van der Waals surface area contributed by atoms with Gasteiger partial charge in [-0.05, 0) is 12.5 Å². The average Bonchev–Trinajstić information content (AvgIpc) is 2.10. The predicted molar refractivity (Wildman–Crippen MR) is 46.8 cm³/mol. The standard InChI is InChI=1S/C10H11FO2/c1-7-3-2-4-8(10(7)11)9(13)5-6-12/h2-4,6,9,13H,5H2,1H3. The number of hydrogen-bond donors (Lipinski definition) is 1. The van der Waals surface area contributed by atoms with Crippen molar-refractivity contribution >= 4 is 6.29 Å². The second-order valence-corrected chi connectivity index (χ2v) is 2.90. The van der Waals surface area contributed by atoms with Gasteiger partial charge in [-0.25, -0.2) is 4.39 Å². The highest BCUT2D eigenvalue weighted by atomic mass is 19.1. The fraction of sp³-hybridized carbons (Fsp3) is 0.300. The Morgan fingerprint density at radius 2 is 2.31 bits per heavy atom. The molecule has 0 aromatic heterocycles. The number of aldehydes is 1. The minimum absolute atomic E-state index is 0.0691. The van der Waals surface area contributed by atoms with Crippen molar-refractivity contribution < 1.29 is 14.3 Å². The quantitative estimate of drug-likeness (QED) is 0.723. The van der Waals surface area contributed by atoms with Gasteiger partial charge in [-0.1, -0.05) is 18.2 Å². The average molecular weight is 182 g/mol. The molecule has 3 heteroatoms. The van der Waals surface area contributed by atoms with Gasteiger partial charge in [-0.15, -0.1) is 0 Å². The molecular weight excluding hydrogens is 171 g/mol. The van der Waals surface area contributed by atoms with E-state index in [-0.39, 0.29) is 12.0 Å². The van der Waals surface area contributed by atoms with Crippen molar-refractivity contribution in [2.24, 2.45) is 0 Å². The zero-order valence-electron chi connectivity index (χ0n) is 7.33. The number of carbonyl (C=O) groups is 1. The Kier molecular flexibility index (Phi) is 3.14. The van der Waals surface area contributed by atoms with Crippen LogP contribution < -0.4 is 0 Å². The number of halogens is 1. The summed E-state index contributed by atoms with van der Waals surface area (Å²) in [4.78, 5) is 10.1. The summed E-state index contributed by atoms with van der Waals surface area (Å²) < 4.78 is 13.3. The summed E-state index contributed by atoms with van der Waals surface area (Å²) in [6.45, 7) is 1.62. The highest BCUT2D eigenvalue weighted by Gasteiger charge is 2.12. The lowest BCUT2D eigenvalue weighted by Gasteiger charge is -2.09. The Labute approximate surface area is 76.0 Å². The van der Waals surface area contributed by atoms with Crippen molar-refractivity contribution in [3.63, 3.8) is 0 Å². The molecule has 0 aliphatic heterocycles. The zero-order chi connectivity index (χ0) is 9.84. The van der Waals surface area contributed by atoms with Crippen LogP contribution >= 0.6 is 0 Å². The van der Waals surface area contributed by atoms with Crippen LogP contribution in [0.25, 0.3) is 0 Å². The van der Waals surface area contributed by atoms with Crippen molar-refractivity contribution in [1.82, 2.24) is 0 Å². The lowest BCUT2D eigenvalue weighted by atomic mass is 10.0. The van der Waals surface area contributed by atoms with Crippen LogP contribution in [0.1, 0.15) is 23.7 Å². The van der Waals surface area contributed by atoms with Crippen molar-refractivity contribution in [3.8, 4) is 0 Å². The van der Waals surface area contributed by atoms with Crippen molar-refractivity contribution in [2.75, 3.05) is 0 Å². The largest absolute Gasteiger partial charge is 0.388 e. The van der Waals surface area contributed by atoms with E-state index < -0.39 is 11.9 Å². The first-order valence-electron chi connectivity index (χ1n) is 4.03. The molecule has 0 aliphatic carbocycles. The van der Waals surface area contributed by atoms with Crippen LogP contribution in [0.3, 0.4) is 0 Å². The van der Waals surface area contributed by atoms with Gasteiger partial charge in [-0.3, -0.25) is 0 Å². The number of benzene rings is 1. The Morgan fingerprint density at radius 3 is 2.92 bits per heavy atom. The predicted octanol–water partition coefficient (Wildman–Crippen LogP) is 1.76. The van der Waals surface area contributed by atoms with Gasteiger partial charge in [0.25, 0.3) is 0 Å². The van der Waals surface area contributed by atoms with Crippen LogP contribution in [0.15, 0.2) is 18.2 Å². The van der Waals surface area contributed by atoms with Crippen LogP contribution in [-0.2, 0) is 4.79 Å². The van der Waals surface area contributed by atoms with Gasteiger partial charge in [0.15, 0.2) is 0 Å². The molecule has 1 aromatic rings. The monoisotopic (exact) mass is 182 g/mol. The molecule has 2 nitrogen and oxygen atoms in total. The van der Waals surface area contributed by atoms with Crippen molar-refractivity contribution in [1.29, 1.82) is 0 Å². The molecular formula is C10H11FO2. The Bertz CT molecular complexity index is 310. The summed E-state index contributed by atoms with van der Waals surface area (Å²) >= 11 is 0. The van der Waals surface area contributed by atoms with Gasteiger partial charge < -0.3 is 9.90 Å². The fourth-order valence-corrected chi connectivity index (χ4v) is 1.15. The zero-order valence-corrected chi connectivity index (χ0v) is 7.33. The molecule has 0 spiro atoms. The van der Waals surface area contributed by atoms with E-state index in [1.165, 1.54) is 6.07 Å². The fourth-order valence-electron chi connectivity index (χ4n) is 1.15. The third-order valence-corrected chi connectivity index (χ3v) is 1.90. The highest BCUT2D eigenvalue weighted by molar-refractivity contribution is 5.51. The van der Waals surface area contributed by atoms with E-state index in [2.05, 4.69) is 0 Å². The van der Waals surface area contributed by atoms with E-state index in [1.54, 1.807) is 19.1 Å². The molecule has 1 unspecified atom stereocenters. The van der Waals surface area contributed by atoms with Gasteiger partial charge in [0.1, 0.15) is 12.1 Å². The molecule has 1 atom stereocenters. The number of aliphatic hydroxyl groups is 1. The second-order valence-electron chi connectivity index (χ2n) is 2.90. The lowest BCUT2D eigenvalue weighted by molar-refractivity contribution is -0.109. The molecule has 0 aliphatic rings. The lowest BCUT2D eigenvalue weighted by Crippen LogP contribution is -2.02. The van der Waals surface area contributed by atoms with Gasteiger partial charge in [0.05, 0.1) is 6.10 Å². The Balaban J connectivity index is 3.00. The Morgan fingerprint density at radius 1 is 1.62 bits per heavy atom. The molecule has 0 heterocycles. The number of rotatable bonds is 3. The summed E-state index contributed by atoms with van der Waals surface area (Å²) in [5.74, 6) is -0.433. The molecule has 0 radical (unpaired) electrons. The maximum absolute atomic E-state index is 13.3. The van der Waals surface area contributed by atoms with Crippen molar-refractivity contribution in [3.05, 3.63) is 35.1 Å². The highest BCUT2D eigenvalue weighted by Crippen LogP contribution is 2.20. The molecule has 1 aromatic carbocycles. The van der Waals surface area contributed by atoms with E-state index in [4.69, 9.17) is 0 Å². The molecule has 0 bridgehead atoms. The van der Waals surface area contributed by atoms with E-state index in [0.29, 0.717) is 11.8 Å². The third kappa shape index (κ3) is 2.12. The molecule has 0 amide bonds. The molecule has 70 valence electrons. The van der Waals surface area contributed by atoms with Crippen molar-refractivity contribution in [2.45, 2.75) is 19.4 Å². The molecule has 0 fully saturated rings. The van der Waals surface area contributed by atoms with Gasteiger partial charge >= 0.3 is 0 Å². The summed E-state index contributed by atoms with van der Waals surface area (Å²) in [5.41, 5.74) is 0.662. The first kappa shape index (κ1) is 9.86. The van der Waals surface area contributed by atoms with Gasteiger partial charge in [-0.2, -0.15) is 0 Å². The first-order valence-corrected chi connectivity index (χ1v) is 4.03. The molecule has 0 saturated carbocycles. The second kappa shape index (κ2) is 4.14. The van der Waals surface area contributed by atoms with E-state index in [0.717, 1.165) is 0 Å². The smallest absolute Gasteiger partial charge is 0.131 e. The molecule has 13 heavy (non-hydrogen) atoms. The summed E-state index contributed by atoms with van der Waals surface area (Å²) in [6.07, 6.45) is -0.523. The maximum atomic E-state index is 13.3. The van der Waals surface area contributed by atoms with Crippen LogP contribution in [0.2, 0.25) is 0 Å². The van der Waals surface area contributed by atoms with Crippen LogP contribution in [0.4, 0.5) is 4.39 Å². The maximum Gasteiger partial charge on any atom is 0.131 e. The molecule has 1 rings (SSSR count). The van der Waals surface area contributed by atoms with Crippen LogP contribution in [0, 0.1) is 12.7 Å². The summed E-state index contributed by atoms with van der Waals surface area (Å²) in [5, 5.41) is 9.35. The SMILES string of the molecule is Cc1cccc(C(O)CC=O)c1F. The van der Waals surface area contributed by atoms with Crippen LogP contribution in [0.5, 0.6) is 0 Å². The topological polar surface area (TPSA) is 37.3 Å². The summed E-state index contributed by atoms with van der Waals surface area (Å²) in [6, 6.07) is 4.75. The van der Waals surface area contributed by atoms with Gasteiger partial charge in [0, 0.05) is 12.0 Å². The van der Waals surface area contributed by atoms with E-state index in [1.807, 2.05) is 0 Å².